The molecule has 12 nitrogen and oxygen atoms in total. The molecule has 5 aliphatic rings. The quantitative estimate of drug-likeness (QED) is 0.273. The first kappa shape index (κ1) is 29.1. The van der Waals surface area contributed by atoms with E-state index in [2.05, 4.69) is 36.9 Å². The summed E-state index contributed by atoms with van der Waals surface area (Å²) in [5, 5.41) is 14.3. The van der Waals surface area contributed by atoms with Crippen molar-refractivity contribution in [2.45, 2.75) is 62.8 Å². The van der Waals surface area contributed by atoms with E-state index in [-0.39, 0.29) is 0 Å². The van der Waals surface area contributed by atoms with Gasteiger partial charge in [-0.2, -0.15) is 10.4 Å². The number of pyridine rings is 2. The van der Waals surface area contributed by atoms with E-state index in [0.29, 0.717) is 59.2 Å². The average Bonchev–Trinajstić information content (AvgIpc) is 3.72. The molecule has 5 aliphatic heterocycles. The molecule has 4 aromatic heterocycles. The molecule has 0 saturated carbocycles. The molecule has 5 fully saturated rings. The smallest absolute Gasteiger partial charge is 0.212 e. The van der Waals surface area contributed by atoms with Crippen molar-refractivity contribution in [2.24, 2.45) is 0 Å². The molecule has 238 valence electrons. The van der Waals surface area contributed by atoms with Crippen LogP contribution in [-0.4, -0.2) is 105 Å². The molecule has 0 radical (unpaired) electrons. The molecule has 0 amide bonds. The fourth-order valence-electron chi connectivity index (χ4n) is 7.85. The van der Waals surface area contributed by atoms with Crippen LogP contribution in [0.2, 0.25) is 0 Å². The van der Waals surface area contributed by atoms with Crippen molar-refractivity contribution in [1.29, 1.82) is 5.26 Å². The van der Waals surface area contributed by atoms with Gasteiger partial charge in [0.1, 0.15) is 24.2 Å². The molecule has 5 saturated heterocycles. The summed E-state index contributed by atoms with van der Waals surface area (Å²) < 4.78 is 19.0. The average molecular weight is 622 g/mol. The Morgan fingerprint density at radius 1 is 0.935 bits per heavy atom. The third-order valence-corrected chi connectivity index (χ3v) is 10.2. The minimum Gasteiger partial charge on any atom is -0.491 e. The molecule has 4 bridgehead atoms. The lowest BCUT2D eigenvalue weighted by Crippen LogP contribution is -2.68. The second kappa shape index (κ2) is 12.5. The highest BCUT2D eigenvalue weighted by atomic mass is 16.5. The Bertz CT molecular complexity index is 1690. The Hall–Kier alpha value is -4.31. The number of hydrogen-bond acceptors (Lipinski definition) is 11. The number of hydrogen-bond donors (Lipinski definition) is 0. The van der Waals surface area contributed by atoms with Crippen molar-refractivity contribution < 1.29 is 14.2 Å². The fraction of sp³-hybridized carbons (Fsp3) is 0.500. The summed E-state index contributed by atoms with van der Waals surface area (Å²) in [6.45, 7) is 5.86. The van der Waals surface area contributed by atoms with E-state index in [9.17, 15) is 5.26 Å². The molecule has 9 heterocycles. The van der Waals surface area contributed by atoms with Crippen LogP contribution in [0.1, 0.15) is 43.2 Å². The molecule has 4 unspecified atom stereocenters. The maximum atomic E-state index is 9.83. The maximum Gasteiger partial charge on any atom is 0.212 e. The Balaban J connectivity index is 0.957. The molecule has 4 atom stereocenters. The lowest BCUT2D eigenvalue weighted by atomic mass is 9.87. The van der Waals surface area contributed by atoms with Crippen LogP contribution in [0, 0.1) is 11.3 Å². The minimum absolute atomic E-state index is 0.475. The number of piperidine rings is 1. The van der Waals surface area contributed by atoms with Crippen molar-refractivity contribution in [1.82, 2.24) is 34.4 Å². The number of nitriles is 1. The van der Waals surface area contributed by atoms with Crippen molar-refractivity contribution in [2.75, 3.05) is 51.5 Å². The van der Waals surface area contributed by atoms with Gasteiger partial charge in [-0.15, -0.1) is 0 Å². The molecule has 0 aromatic carbocycles. The van der Waals surface area contributed by atoms with Crippen LogP contribution >= 0.6 is 0 Å². The highest BCUT2D eigenvalue weighted by molar-refractivity contribution is 5.83. The second-order valence-electron chi connectivity index (χ2n) is 12.8. The lowest BCUT2D eigenvalue weighted by Gasteiger charge is -2.56. The number of piperazine rings is 1. The zero-order chi connectivity index (χ0) is 31.0. The maximum absolute atomic E-state index is 9.83. The van der Waals surface area contributed by atoms with E-state index >= 15 is 0 Å². The van der Waals surface area contributed by atoms with Gasteiger partial charge in [-0.25, -0.2) is 14.5 Å². The van der Waals surface area contributed by atoms with Crippen LogP contribution in [0.25, 0.3) is 16.8 Å². The SMILES string of the molecule is COc1ccc(CN2C3CC2CN(c2cnc(-c4cc(OCCN5C6CCOCCC5CC6)cn5ncc(C#N)c45)cn2)C3)cn1. The van der Waals surface area contributed by atoms with Crippen LogP contribution in [0.4, 0.5) is 5.82 Å². The van der Waals surface area contributed by atoms with Crippen molar-refractivity contribution in [3.05, 3.63) is 60.3 Å². The summed E-state index contributed by atoms with van der Waals surface area (Å²) in [6.07, 6.45) is 14.9. The third kappa shape index (κ3) is 5.53. The molecule has 46 heavy (non-hydrogen) atoms. The van der Waals surface area contributed by atoms with Crippen molar-refractivity contribution in [3.63, 3.8) is 0 Å². The summed E-state index contributed by atoms with van der Waals surface area (Å²) in [5.41, 5.74) is 3.88. The normalized spacial score (nSPS) is 24.7. The molecule has 0 spiro atoms. The summed E-state index contributed by atoms with van der Waals surface area (Å²) in [6, 6.07) is 10.4. The zero-order valence-electron chi connectivity index (χ0n) is 26.2. The predicted octanol–water partition coefficient (Wildman–Crippen LogP) is 3.55. The Morgan fingerprint density at radius 3 is 2.46 bits per heavy atom. The number of methoxy groups -OCH3 is 1. The number of ether oxygens (including phenoxy) is 3. The van der Waals surface area contributed by atoms with E-state index in [1.54, 1.807) is 17.8 Å². The number of fused-ring (bicyclic) bond motifs is 5. The minimum atomic E-state index is 0.475. The van der Waals surface area contributed by atoms with Gasteiger partial charge in [0.05, 0.1) is 48.7 Å². The van der Waals surface area contributed by atoms with Gasteiger partial charge in [0.25, 0.3) is 0 Å². The molecular formula is C34H39N9O3. The predicted molar refractivity (Wildman–Crippen MR) is 171 cm³/mol. The number of rotatable bonds is 9. The van der Waals surface area contributed by atoms with Gasteiger partial charge < -0.3 is 19.1 Å². The highest BCUT2D eigenvalue weighted by Crippen LogP contribution is 2.36. The first-order chi connectivity index (χ1) is 22.7. The van der Waals surface area contributed by atoms with Gasteiger partial charge in [-0.3, -0.25) is 14.8 Å². The van der Waals surface area contributed by atoms with Crippen LogP contribution < -0.4 is 14.4 Å². The van der Waals surface area contributed by atoms with Gasteiger partial charge in [-0.1, -0.05) is 6.07 Å². The first-order valence-electron chi connectivity index (χ1n) is 16.4. The van der Waals surface area contributed by atoms with Crippen LogP contribution in [0.3, 0.4) is 0 Å². The Kier molecular flexibility index (Phi) is 7.89. The van der Waals surface area contributed by atoms with Gasteiger partial charge in [0.2, 0.25) is 5.88 Å². The number of aromatic nitrogens is 5. The van der Waals surface area contributed by atoms with Crippen molar-refractivity contribution in [3.8, 4) is 29.0 Å². The van der Waals surface area contributed by atoms with Crippen LogP contribution in [-0.2, 0) is 11.3 Å². The van der Waals surface area contributed by atoms with Gasteiger partial charge in [-0.05, 0) is 43.7 Å². The number of nitrogens with zero attached hydrogens (tertiary/aromatic N) is 9. The molecule has 0 aliphatic carbocycles. The highest BCUT2D eigenvalue weighted by Gasteiger charge is 2.44. The van der Waals surface area contributed by atoms with Gasteiger partial charge in [0, 0.05) is 81.4 Å². The van der Waals surface area contributed by atoms with Gasteiger partial charge >= 0.3 is 0 Å². The largest absolute Gasteiger partial charge is 0.491 e. The lowest BCUT2D eigenvalue weighted by molar-refractivity contribution is -0.00879. The topological polar surface area (TPSA) is 117 Å². The van der Waals surface area contributed by atoms with Crippen LogP contribution in [0.5, 0.6) is 11.6 Å². The Morgan fingerprint density at radius 2 is 1.76 bits per heavy atom. The molecule has 9 rings (SSSR count). The molecule has 12 heteroatoms. The second-order valence-corrected chi connectivity index (χ2v) is 12.8. The Labute approximate surface area is 268 Å². The standard InChI is InChI=1S/C34H39N9O3/c1-44-33-5-2-23(15-38-33)19-42-27-12-28(42)21-40(20-27)32-18-36-31(17-37-32)30-13-29(22-43-34(30)24(14-35)16-39-43)46-11-8-41-25-3-4-26(41)7-10-45-9-6-25/h2,5,13,15-18,22,25-28H,3-4,6-12,19-21H2,1H3. The van der Waals surface area contributed by atoms with Crippen molar-refractivity contribution >= 4 is 11.3 Å². The van der Waals surface area contributed by atoms with E-state index in [4.69, 9.17) is 24.2 Å². The van der Waals surface area contributed by atoms with E-state index in [0.717, 1.165) is 63.6 Å². The molecule has 0 N–H and O–H groups in total. The summed E-state index contributed by atoms with van der Waals surface area (Å²) >= 11 is 0. The van der Waals surface area contributed by atoms with E-state index < -0.39 is 0 Å². The van der Waals surface area contributed by atoms with E-state index in [1.165, 1.54) is 24.8 Å². The fourth-order valence-corrected chi connectivity index (χ4v) is 7.85. The number of anilines is 1. The summed E-state index contributed by atoms with van der Waals surface area (Å²) in [7, 11) is 1.64. The summed E-state index contributed by atoms with van der Waals surface area (Å²) in [5.74, 6) is 2.21. The van der Waals surface area contributed by atoms with Gasteiger partial charge in [0.15, 0.2) is 0 Å². The zero-order valence-corrected chi connectivity index (χ0v) is 26.2. The molecular weight excluding hydrogens is 582 g/mol. The van der Waals surface area contributed by atoms with E-state index in [1.807, 2.05) is 36.9 Å². The monoisotopic (exact) mass is 621 g/mol. The molecule has 4 aromatic rings. The summed E-state index contributed by atoms with van der Waals surface area (Å²) in [4.78, 5) is 21.6. The first-order valence-corrected chi connectivity index (χ1v) is 16.4. The third-order valence-electron chi connectivity index (χ3n) is 10.2. The van der Waals surface area contributed by atoms with Crippen LogP contribution in [0.15, 0.2) is 49.2 Å².